The molecule has 4 N–H and O–H groups in total. The summed E-state index contributed by atoms with van der Waals surface area (Å²) in [4.78, 5) is 21.8. The first kappa shape index (κ1) is 13.1. The molecule has 0 unspecified atom stereocenters. The van der Waals surface area contributed by atoms with Crippen LogP contribution in [0.15, 0.2) is 23.1 Å². The highest BCUT2D eigenvalue weighted by Crippen LogP contribution is 2.27. The number of ether oxygens (including phenoxy) is 1. The van der Waals surface area contributed by atoms with E-state index >= 15 is 0 Å². The van der Waals surface area contributed by atoms with Crippen molar-refractivity contribution in [2.45, 2.75) is 4.90 Å². The second-order valence-electron chi connectivity index (χ2n) is 3.08. The van der Waals surface area contributed by atoms with Crippen molar-refractivity contribution in [1.82, 2.24) is 0 Å². The molecule has 1 rings (SSSR count). The van der Waals surface area contributed by atoms with Gasteiger partial charge in [0, 0.05) is 0 Å². The first-order valence-electron chi connectivity index (χ1n) is 4.33. The summed E-state index contributed by atoms with van der Waals surface area (Å²) in [6.07, 6.45) is 0. The monoisotopic (exact) mass is 258 g/mol. The number of Topliss-reactive ketones (excluding diaryl/α,β-unsaturated/α-hetero) is 1. The number of amides is 1. The third kappa shape index (κ3) is 2.60. The maximum atomic E-state index is 11.4. The number of rotatable bonds is 4. The molecule has 0 aromatic heterocycles. The Balaban J connectivity index is 3.55. The van der Waals surface area contributed by atoms with Crippen molar-refractivity contribution in [2.24, 2.45) is 10.9 Å². The van der Waals surface area contributed by atoms with Crippen molar-refractivity contribution in [3.63, 3.8) is 0 Å². The highest BCUT2D eigenvalue weighted by Gasteiger charge is 2.23. The summed E-state index contributed by atoms with van der Waals surface area (Å²) in [5, 5.41) is 4.94. The predicted molar refractivity (Wildman–Crippen MR) is 57.9 cm³/mol. The Morgan fingerprint density at radius 1 is 1.29 bits per heavy atom. The predicted octanol–water partition coefficient (Wildman–Crippen LogP) is -0.989. The zero-order chi connectivity index (χ0) is 13.2. The van der Waals surface area contributed by atoms with Crippen molar-refractivity contribution in [1.29, 1.82) is 0 Å². The molecule has 0 aliphatic carbocycles. The number of hydrogen-bond acceptors (Lipinski definition) is 5. The number of primary amides is 1. The summed E-state index contributed by atoms with van der Waals surface area (Å²) in [6.45, 7) is 0. The fourth-order valence-electron chi connectivity index (χ4n) is 1.26. The van der Waals surface area contributed by atoms with Crippen LogP contribution in [-0.2, 0) is 14.8 Å². The van der Waals surface area contributed by atoms with E-state index in [1.807, 2.05) is 0 Å². The molecular formula is C9H10N2O5S. The van der Waals surface area contributed by atoms with Crippen LogP contribution in [0.25, 0.3) is 0 Å². The largest absolute Gasteiger partial charge is 0.495 e. The number of nitrogens with two attached hydrogens (primary N) is 2. The van der Waals surface area contributed by atoms with E-state index in [1.165, 1.54) is 12.1 Å². The van der Waals surface area contributed by atoms with Gasteiger partial charge in [0.15, 0.2) is 0 Å². The number of hydrogen-bond donors (Lipinski definition) is 2. The summed E-state index contributed by atoms with van der Waals surface area (Å²) in [5.74, 6) is -2.55. The smallest absolute Gasteiger partial charge is 0.289 e. The highest BCUT2D eigenvalue weighted by atomic mass is 32.2. The van der Waals surface area contributed by atoms with Gasteiger partial charge in [0.2, 0.25) is 10.0 Å². The summed E-state index contributed by atoms with van der Waals surface area (Å²) < 4.78 is 27.2. The molecule has 7 nitrogen and oxygen atoms in total. The summed E-state index contributed by atoms with van der Waals surface area (Å²) >= 11 is 0. The van der Waals surface area contributed by atoms with E-state index in [4.69, 9.17) is 15.6 Å². The minimum absolute atomic E-state index is 0.244. The van der Waals surface area contributed by atoms with Crippen LogP contribution in [-0.4, -0.2) is 27.2 Å². The number of ketones is 1. The van der Waals surface area contributed by atoms with E-state index in [0.29, 0.717) is 0 Å². The third-order valence-corrected chi connectivity index (χ3v) is 2.89. The molecule has 0 aliphatic rings. The van der Waals surface area contributed by atoms with Gasteiger partial charge in [-0.05, 0) is 12.1 Å². The molecule has 8 heteroatoms. The van der Waals surface area contributed by atoms with Crippen LogP contribution in [0.2, 0.25) is 0 Å². The van der Waals surface area contributed by atoms with Crippen molar-refractivity contribution in [3.8, 4) is 5.75 Å². The van der Waals surface area contributed by atoms with Crippen molar-refractivity contribution in [2.75, 3.05) is 7.11 Å². The van der Waals surface area contributed by atoms with Crippen LogP contribution in [0.1, 0.15) is 10.4 Å². The number of methoxy groups -OCH3 is 1. The minimum Gasteiger partial charge on any atom is -0.495 e. The average molecular weight is 258 g/mol. The SMILES string of the molecule is COc1c(C(=O)C(N)=O)cccc1S(N)(=O)=O. The number of sulfonamides is 1. The minimum atomic E-state index is -4.06. The number of benzene rings is 1. The lowest BCUT2D eigenvalue weighted by Crippen LogP contribution is -2.24. The summed E-state index contributed by atoms with van der Waals surface area (Å²) in [7, 11) is -2.90. The Hall–Kier alpha value is -1.93. The molecule has 1 aromatic carbocycles. The zero-order valence-corrected chi connectivity index (χ0v) is 9.65. The molecule has 17 heavy (non-hydrogen) atoms. The van der Waals surface area contributed by atoms with Gasteiger partial charge in [-0.1, -0.05) is 6.07 Å². The molecule has 92 valence electrons. The Bertz CT molecular complexity index is 579. The van der Waals surface area contributed by atoms with Gasteiger partial charge in [-0.3, -0.25) is 9.59 Å². The van der Waals surface area contributed by atoms with E-state index in [9.17, 15) is 18.0 Å². The maximum absolute atomic E-state index is 11.4. The number of para-hydroxylation sites is 1. The van der Waals surface area contributed by atoms with Crippen molar-refractivity contribution >= 4 is 21.7 Å². The van der Waals surface area contributed by atoms with Crippen LogP contribution >= 0.6 is 0 Å². The van der Waals surface area contributed by atoms with Crippen LogP contribution in [0.4, 0.5) is 0 Å². The van der Waals surface area contributed by atoms with Crippen LogP contribution in [0.3, 0.4) is 0 Å². The highest BCUT2D eigenvalue weighted by molar-refractivity contribution is 7.89. The molecule has 0 saturated heterocycles. The molecule has 0 radical (unpaired) electrons. The Morgan fingerprint density at radius 2 is 1.88 bits per heavy atom. The van der Waals surface area contributed by atoms with Gasteiger partial charge in [-0.2, -0.15) is 0 Å². The summed E-state index contributed by atoms with van der Waals surface area (Å²) in [5.41, 5.74) is 4.58. The van der Waals surface area contributed by atoms with E-state index < -0.39 is 21.7 Å². The van der Waals surface area contributed by atoms with Gasteiger partial charge in [0.05, 0.1) is 12.7 Å². The normalized spacial score (nSPS) is 10.9. The Morgan fingerprint density at radius 3 is 2.29 bits per heavy atom. The first-order chi connectivity index (χ1) is 7.79. The molecule has 0 aliphatic heterocycles. The first-order valence-corrected chi connectivity index (χ1v) is 5.87. The Kier molecular flexibility index (Phi) is 3.49. The molecule has 0 fully saturated rings. The fourth-order valence-corrected chi connectivity index (χ4v) is 1.98. The molecule has 0 spiro atoms. The quantitative estimate of drug-likeness (QED) is 0.529. The van der Waals surface area contributed by atoms with Gasteiger partial charge in [-0.25, -0.2) is 13.6 Å². The second kappa shape index (κ2) is 4.52. The molecule has 0 heterocycles. The van der Waals surface area contributed by atoms with E-state index in [2.05, 4.69) is 0 Å². The standard InChI is InChI=1S/C9H10N2O5S/c1-16-8-5(7(12)9(10)13)3-2-4-6(8)17(11,14)15/h2-4H,1H3,(H2,10,13)(H2,11,14,15). The molecule has 0 bridgehead atoms. The van der Waals surface area contributed by atoms with Gasteiger partial charge >= 0.3 is 0 Å². The number of carbonyl (C=O) groups excluding carboxylic acids is 2. The van der Waals surface area contributed by atoms with E-state index in [0.717, 1.165) is 13.2 Å². The van der Waals surface area contributed by atoms with Crippen LogP contribution < -0.4 is 15.6 Å². The molecule has 1 aromatic rings. The fraction of sp³-hybridized carbons (Fsp3) is 0.111. The summed E-state index contributed by atoms with van der Waals surface area (Å²) in [6, 6.07) is 3.64. The second-order valence-corrected chi connectivity index (χ2v) is 4.61. The average Bonchev–Trinajstić information content (AvgIpc) is 2.25. The number of primary sulfonamides is 1. The van der Waals surface area contributed by atoms with Crippen LogP contribution in [0, 0.1) is 0 Å². The van der Waals surface area contributed by atoms with Crippen molar-refractivity contribution < 1.29 is 22.7 Å². The lowest BCUT2D eigenvalue weighted by molar-refractivity contribution is -0.114. The maximum Gasteiger partial charge on any atom is 0.289 e. The van der Waals surface area contributed by atoms with Crippen LogP contribution in [0.5, 0.6) is 5.75 Å². The molecule has 1 amide bonds. The van der Waals surface area contributed by atoms with Crippen molar-refractivity contribution in [3.05, 3.63) is 23.8 Å². The van der Waals surface area contributed by atoms with E-state index in [-0.39, 0.29) is 16.2 Å². The van der Waals surface area contributed by atoms with E-state index in [1.54, 1.807) is 0 Å². The van der Waals surface area contributed by atoms with Gasteiger partial charge in [0.25, 0.3) is 11.7 Å². The van der Waals surface area contributed by atoms with Gasteiger partial charge in [-0.15, -0.1) is 0 Å². The van der Waals surface area contributed by atoms with Gasteiger partial charge < -0.3 is 10.5 Å². The Labute approximate surface area is 97.4 Å². The third-order valence-electron chi connectivity index (χ3n) is 1.96. The molecular weight excluding hydrogens is 248 g/mol. The zero-order valence-electron chi connectivity index (χ0n) is 8.84. The molecule has 0 saturated carbocycles. The lowest BCUT2D eigenvalue weighted by Gasteiger charge is -2.09. The number of carbonyl (C=O) groups is 2. The topological polar surface area (TPSA) is 130 Å². The van der Waals surface area contributed by atoms with Gasteiger partial charge in [0.1, 0.15) is 10.6 Å². The lowest BCUT2D eigenvalue weighted by atomic mass is 10.1. The molecule has 0 atom stereocenters.